The number of hydrogen-bond donors (Lipinski definition) is 1. The number of likely N-dealkylation sites (N-methyl/N-ethyl adjacent to an activating group) is 1. The number of carbonyl (C=O) groups is 1. The summed E-state index contributed by atoms with van der Waals surface area (Å²) < 4.78 is 26.1. The molecule has 5 heteroatoms. The molecule has 1 rings (SSSR count). The van der Waals surface area contributed by atoms with Gasteiger partial charge in [0.15, 0.2) is 0 Å². The van der Waals surface area contributed by atoms with Crippen molar-refractivity contribution in [2.75, 3.05) is 13.1 Å². The molecule has 0 aliphatic rings. The Hall–Kier alpha value is -1.49. The minimum absolute atomic E-state index is 0.0897. The van der Waals surface area contributed by atoms with E-state index in [0.29, 0.717) is 6.54 Å². The van der Waals surface area contributed by atoms with E-state index in [9.17, 15) is 13.6 Å². The molecule has 0 saturated heterocycles. The van der Waals surface area contributed by atoms with Crippen LogP contribution in [0.2, 0.25) is 0 Å². The Morgan fingerprint density at radius 3 is 2.69 bits per heavy atom. The third kappa shape index (κ3) is 3.58. The molecule has 0 aromatic heterocycles. The molecule has 0 atom stereocenters. The van der Waals surface area contributed by atoms with Crippen LogP contribution >= 0.6 is 0 Å². The summed E-state index contributed by atoms with van der Waals surface area (Å²) in [5.74, 6) is -2.04. The van der Waals surface area contributed by atoms with Crippen molar-refractivity contribution >= 4 is 5.97 Å². The highest BCUT2D eigenvalue weighted by Crippen LogP contribution is 2.12. The van der Waals surface area contributed by atoms with E-state index in [2.05, 4.69) is 0 Å². The van der Waals surface area contributed by atoms with Crippen molar-refractivity contribution < 1.29 is 18.7 Å². The molecule has 3 nitrogen and oxygen atoms in total. The Morgan fingerprint density at radius 1 is 1.44 bits per heavy atom. The summed E-state index contributed by atoms with van der Waals surface area (Å²) in [6, 6.07) is 3.16. The fourth-order valence-corrected chi connectivity index (χ4v) is 1.38. The van der Waals surface area contributed by atoms with E-state index >= 15 is 0 Å². The van der Waals surface area contributed by atoms with Crippen molar-refractivity contribution in [2.45, 2.75) is 13.5 Å². The normalized spacial score (nSPS) is 10.8. The lowest BCUT2D eigenvalue weighted by Crippen LogP contribution is -2.29. The number of carboxylic acids is 1. The molecule has 16 heavy (non-hydrogen) atoms. The van der Waals surface area contributed by atoms with E-state index in [-0.39, 0.29) is 18.7 Å². The molecule has 0 radical (unpaired) electrons. The minimum atomic E-state index is -0.987. The Labute approximate surface area is 92.3 Å². The van der Waals surface area contributed by atoms with Crippen molar-refractivity contribution in [3.8, 4) is 0 Å². The van der Waals surface area contributed by atoms with Crippen LogP contribution in [0.4, 0.5) is 8.78 Å². The highest BCUT2D eigenvalue weighted by molar-refractivity contribution is 5.69. The first-order valence-electron chi connectivity index (χ1n) is 4.91. The molecule has 0 unspecified atom stereocenters. The smallest absolute Gasteiger partial charge is 0.317 e. The van der Waals surface area contributed by atoms with E-state index in [4.69, 9.17) is 5.11 Å². The van der Waals surface area contributed by atoms with Crippen molar-refractivity contribution in [3.63, 3.8) is 0 Å². The van der Waals surface area contributed by atoms with Crippen LogP contribution in [0.25, 0.3) is 0 Å². The van der Waals surface area contributed by atoms with Crippen molar-refractivity contribution in [1.29, 1.82) is 0 Å². The Balaban J connectivity index is 2.77. The van der Waals surface area contributed by atoms with Gasteiger partial charge in [0.05, 0.1) is 6.54 Å². The molecule has 0 bridgehead atoms. The standard InChI is InChI=1S/C11H13F2NO2/c1-2-14(7-11(15)16)6-8-5-9(12)3-4-10(8)13/h3-5H,2,6-7H2,1H3,(H,15,16). The highest BCUT2D eigenvalue weighted by atomic mass is 19.1. The average molecular weight is 229 g/mol. The van der Waals surface area contributed by atoms with Gasteiger partial charge in [0.1, 0.15) is 11.6 Å². The fraction of sp³-hybridized carbons (Fsp3) is 0.364. The third-order valence-corrected chi connectivity index (χ3v) is 2.21. The number of nitrogens with zero attached hydrogens (tertiary/aromatic N) is 1. The second-order valence-corrected chi connectivity index (χ2v) is 3.43. The van der Waals surface area contributed by atoms with Gasteiger partial charge in [-0.1, -0.05) is 6.92 Å². The van der Waals surface area contributed by atoms with Gasteiger partial charge in [-0.25, -0.2) is 8.78 Å². The lowest BCUT2D eigenvalue weighted by molar-refractivity contribution is -0.138. The SMILES string of the molecule is CCN(CC(=O)O)Cc1cc(F)ccc1F. The minimum Gasteiger partial charge on any atom is -0.480 e. The zero-order valence-electron chi connectivity index (χ0n) is 8.91. The number of hydrogen-bond acceptors (Lipinski definition) is 2. The summed E-state index contributed by atoms with van der Waals surface area (Å²) in [5.41, 5.74) is 0.170. The lowest BCUT2D eigenvalue weighted by atomic mass is 10.2. The number of rotatable bonds is 5. The van der Waals surface area contributed by atoms with Crippen molar-refractivity contribution in [2.24, 2.45) is 0 Å². The lowest BCUT2D eigenvalue weighted by Gasteiger charge is -2.18. The average Bonchev–Trinajstić information content (AvgIpc) is 2.21. The number of halogens is 2. The zero-order chi connectivity index (χ0) is 12.1. The van der Waals surface area contributed by atoms with Crippen molar-refractivity contribution in [1.82, 2.24) is 4.90 Å². The molecule has 88 valence electrons. The predicted octanol–water partition coefficient (Wildman–Crippen LogP) is 1.87. The van der Waals surface area contributed by atoms with Gasteiger partial charge < -0.3 is 5.11 Å². The van der Waals surface area contributed by atoms with E-state index in [1.807, 2.05) is 0 Å². The summed E-state index contributed by atoms with van der Waals surface area (Å²) in [6.07, 6.45) is 0. The molecule has 0 aliphatic heterocycles. The van der Waals surface area contributed by atoms with E-state index in [1.54, 1.807) is 6.92 Å². The second-order valence-electron chi connectivity index (χ2n) is 3.43. The van der Waals surface area contributed by atoms with Crippen LogP contribution in [0.15, 0.2) is 18.2 Å². The molecule has 0 aliphatic carbocycles. The van der Waals surface area contributed by atoms with Gasteiger partial charge in [-0.3, -0.25) is 9.69 Å². The van der Waals surface area contributed by atoms with Crippen LogP contribution in [0, 0.1) is 11.6 Å². The summed E-state index contributed by atoms with van der Waals surface area (Å²) >= 11 is 0. The molecule has 0 heterocycles. The molecule has 1 aromatic carbocycles. The fourth-order valence-electron chi connectivity index (χ4n) is 1.38. The third-order valence-electron chi connectivity index (χ3n) is 2.21. The van der Waals surface area contributed by atoms with Gasteiger partial charge in [-0.2, -0.15) is 0 Å². The van der Waals surface area contributed by atoms with Crippen LogP contribution in [0.1, 0.15) is 12.5 Å². The second kappa shape index (κ2) is 5.55. The van der Waals surface area contributed by atoms with E-state index in [0.717, 1.165) is 18.2 Å². The zero-order valence-corrected chi connectivity index (χ0v) is 8.91. The molecular weight excluding hydrogens is 216 g/mol. The molecule has 0 spiro atoms. The van der Waals surface area contributed by atoms with Crippen LogP contribution in [0.3, 0.4) is 0 Å². The van der Waals surface area contributed by atoms with Gasteiger partial charge >= 0.3 is 5.97 Å². The molecule has 0 amide bonds. The maximum Gasteiger partial charge on any atom is 0.317 e. The van der Waals surface area contributed by atoms with Crippen LogP contribution in [-0.4, -0.2) is 29.1 Å². The van der Waals surface area contributed by atoms with Gasteiger partial charge in [0, 0.05) is 12.1 Å². The largest absolute Gasteiger partial charge is 0.480 e. The van der Waals surface area contributed by atoms with Crippen LogP contribution in [0.5, 0.6) is 0 Å². The topological polar surface area (TPSA) is 40.5 Å². The molecule has 1 N–H and O–H groups in total. The predicted molar refractivity (Wildman–Crippen MR) is 54.9 cm³/mol. The van der Waals surface area contributed by atoms with Crippen LogP contribution in [-0.2, 0) is 11.3 Å². The maximum atomic E-state index is 13.3. The number of benzene rings is 1. The molecule has 0 fully saturated rings. The summed E-state index contributed by atoms with van der Waals surface area (Å²) in [7, 11) is 0. The Kier molecular flexibility index (Phi) is 4.37. The van der Waals surface area contributed by atoms with Gasteiger partial charge in [0.2, 0.25) is 0 Å². The van der Waals surface area contributed by atoms with E-state index < -0.39 is 17.6 Å². The highest BCUT2D eigenvalue weighted by Gasteiger charge is 2.11. The Bertz CT molecular complexity index is 382. The quantitative estimate of drug-likeness (QED) is 0.838. The summed E-state index contributed by atoms with van der Waals surface area (Å²) in [6.45, 7) is 2.13. The van der Waals surface area contributed by atoms with Gasteiger partial charge in [-0.05, 0) is 24.7 Å². The molecule has 1 aromatic rings. The molecular formula is C11H13F2NO2. The molecule has 0 saturated carbocycles. The first-order chi connectivity index (χ1) is 7.52. The number of aliphatic carboxylic acids is 1. The maximum absolute atomic E-state index is 13.3. The summed E-state index contributed by atoms with van der Waals surface area (Å²) in [5, 5.41) is 8.61. The summed E-state index contributed by atoms with van der Waals surface area (Å²) in [4.78, 5) is 12.0. The first-order valence-corrected chi connectivity index (χ1v) is 4.91. The Morgan fingerprint density at radius 2 is 2.12 bits per heavy atom. The first kappa shape index (κ1) is 12.6. The van der Waals surface area contributed by atoms with Gasteiger partial charge in [0.25, 0.3) is 0 Å². The van der Waals surface area contributed by atoms with Crippen molar-refractivity contribution in [3.05, 3.63) is 35.4 Å². The van der Waals surface area contributed by atoms with E-state index in [1.165, 1.54) is 4.90 Å². The number of carboxylic acid groups (broad SMARTS) is 1. The van der Waals surface area contributed by atoms with Gasteiger partial charge in [-0.15, -0.1) is 0 Å². The van der Waals surface area contributed by atoms with Crippen LogP contribution < -0.4 is 0 Å². The monoisotopic (exact) mass is 229 g/mol.